The first-order valence-corrected chi connectivity index (χ1v) is 8.10. The zero-order valence-corrected chi connectivity index (χ0v) is 14.1. The molecule has 0 bridgehead atoms. The Hall–Kier alpha value is -2.59. The molecule has 4 nitrogen and oxygen atoms in total. The monoisotopic (exact) mass is 322 g/mol. The van der Waals surface area contributed by atoms with Gasteiger partial charge in [-0.25, -0.2) is 0 Å². The second-order valence-corrected chi connectivity index (χ2v) is 5.83. The van der Waals surface area contributed by atoms with Crippen LogP contribution in [-0.4, -0.2) is 26.2 Å². The third-order valence-electron chi connectivity index (χ3n) is 4.16. The van der Waals surface area contributed by atoms with Crippen LogP contribution in [0.1, 0.15) is 23.6 Å². The van der Waals surface area contributed by atoms with Crippen LogP contribution in [0.3, 0.4) is 0 Å². The number of amides is 1. The van der Waals surface area contributed by atoms with Gasteiger partial charge in [-0.1, -0.05) is 36.4 Å². The third-order valence-corrected chi connectivity index (χ3v) is 4.16. The molecule has 0 aromatic heterocycles. The molecule has 0 saturated heterocycles. The van der Waals surface area contributed by atoms with Crippen LogP contribution in [0.4, 0.5) is 11.4 Å². The van der Waals surface area contributed by atoms with Gasteiger partial charge in [-0.15, -0.1) is 0 Å². The Morgan fingerprint density at radius 2 is 1.96 bits per heavy atom. The summed E-state index contributed by atoms with van der Waals surface area (Å²) >= 11 is 0. The Morgan fingerprint density at radius 3 is 2.75 bits per heavy atom. The number of hydrogen-bond acceptors (Lipinski definition) is 3. The standard InChI is InChI=1S/C20H22N2O2/c1-15(23)22-14-18-9-10-19(21-11-12-24-2)13-17(18)8-7-16-5-3-4-6-20(16)22/h3-10,13,21H,11-12,14H2,1-2H3. The normalized spacial score (nSPS) is 12.8. The number of ether oxygens (including phenoxy) is 1. The van der Waals surface area contributed by atoms with Gasteiger partial charge in [-0.05, 0) is 34.9 Å². The van der Waals surface area contributed by atoms with E-state index in [0.29, 0.717) is 13.2 Å². The van der Waals surface area contributed by atoms with Gasteiger partial charge in [-0.3, -0.25) is 4.79 Å². The molecule has 0 saturated carbocycles. The highest BCUT2D eigenvalue weighted by molar-refractivity contribution is 5.95. The van der Waals surface area contributed by atoms with Crippen molar-refractivity contribution in [1.29, 1.82) is 0 Å². The van der Waals surface area contributed by atoms with E-state index in [9.17, 15) is 4.79 Å². The molecular weight excluding hydrogens is 300 g/mol. The predicted octanol–water partition coefficient (Wildman–Crippen LogP) is 3.78. The van der Waals surface area contributed by atoms with E-state index in [4.69, 9.17) is 4.74 Å². The highest BCUT2D eigenvalue weighted by atomic mass is 16.5. The van der Waals surface area contributed by atoms with E-state index < -0.39 is 0 Å². The van der Waals surface area contributed by atoms with Crippen LogP contribution in [0.5, 0.6) is 0 Å². The molecule has 1 heterocycles. The van der Waals surface area contributed by atoms with Gasteiger partial charge in [0.1, 0.15) is 0 Å². The van der Waals surface area contributed by atoms with Gasteiger partial charge in [0, 0.05) is 26.3 Å². The lowest BCUT2D eigenvalue weighted by atomic mass is 10.0. The topological polar surface area (TPSA) is 41.6 Å². The second-order valence-electron chi connectivity index (χ2n) is 5.83. The van der Waals surface area contributed by atoms with Crippen molar-refractivity contribution < 1.29 is 9.53 Å². The van der Waals surface area contributed by atoms with Crippen molar-refractivity contribution in [2.24, 2.45) is 0 Å². The Balaban J connectivity index is 1.97. The molecule has 1 aliphatic heterocycles. The number of benzene rings is 2. The summed E-state index contributed by atoms with van der Waals surface area (Å²) < 4.78 is 5.07. The van der Waals surface area contributed by atoms with Crippen LogP contribution < -0.4 is 10.2 Å². The molecule has 124 valence electrons. The van der Waals surface area contributed by atoms with Gasteiger partial charge in [0.2, 0.25) is 5.91 Å². The van der Waals surface area contributed by atoms with E-state index in [-0.39, 0.29) is 5.91 Å². The van der Waals surface area contributed by atoms with E-state index in [1.165, 1.54) is 0 Å². The third kappa shape index (κ3) is 3.49. The molecule has 1 N–H and O–H groups in total. The van der Waals surface area contributed by atoms with E-state index >= 15 is 0 Å². The largest absolute Gasteiger partial charge is 0.383 e. The predicted molar refractivity (Wildman–Crippen MR) is 99.0 cm³/mol. The number of methoxy groups -OCH3 is 1. The summed E-state index contributed by atoms with van der Waals surface area (Å²) in [6.07, 6.45) is 4.19. The first-order valence-electron chi connectivity index (χ1n) is 8.10. The zero-order valence-electron chi connectivity index (χ0n) is 14.1. The molecular formula is C20H22N2O2. The fourth-order valence-corrected chi connectivity index (χ4v) is 2.89. The maximum Gasteiger partial charge on any atom is 0.224 e. The Labute approximate surface area is 142 Å². The summed E-state index contributed by atoms with van der Waals surface area (Å²) in [6.45, 7) is 3.62. The van der Waals surface area contributed by atoms with E-state index in [1.54, 1.807) is 14.0 Å². The molecule has 1 amide bonds. The molecule has 0 fully saturated rings. The summed E-state index contributed by atoms with van der Waals surface area (Å²) in [4.78, 5) is 14.0. The van der Waals surface area contributed by atoms with Gasteiger partial charge < -0.3 is 15.0 Å². The number of para-hydroxylation sites is 1. The van der Waals surface area contributed by atoms with Crippen LogP contribution in [-0.2, 0) is 16.1 Å². The fraction of sp³-hybridized carbons (Fsp3) is 0.250. The molecule has 0 spiro atoms. The molecule has 0 radical (unpaired) electrons. The van der Waals surface area contributed by atoms with Crippen molar-refractivity contribution in [3.05, 3.63) is 59.2 Å². The minimum absolute atomic E-state index is 0.0472. The highest BCUT2D eigenvalue weighted by Crippen LogP contribution is 2.29. The maximum atomic E-state index is 12.2. The summed E-state index contributed by atoms with van der Waals surface area (Å²) in [7, 11) is 1.69. The minimum atomic E-state index is 0.0472. The van der Waals surface area contributed by atoms with E-state index in [1.807, 2.05) is 35.2 Å². The molecule has 4 heteroatoms. The fourth-order valence-electron chi connectivity index (χ4n) is 2.89. The van der Waals surface area contributed by atoms with Crippen molar-refractivity contribution in [2.75, 3.05) is 30.5 Å². The number of carbonyl (C=O) groups excluding carboxylic acids is 1. The van der Waals surface area contributed by atoms with E-state index in [0.717, 1.165) is 34.6 Å². The first kappa shape index (κ1) is 16.3. The summed E-state index contributed by atoms with van der Waals surface area (Å²) in [5, 5.41) is 3.35. The zero-order chi connectivity index (χ0) is 16.9. The van der Waals surface area contributed by atoms with Gasteiger partial charge >= 0.3 is 0 Å². The SMILES string of the molecule is COCCNc1ccc2c(c1)C=Cc1ccccc1N(C(C)=O)C2. The number of rotatable bonds is 4. The summed E-state index contributed by atoms with van der Waals surface area (Å²) in [5.41, 5.74) is 5.32. The van der Waals surface area contributed by atoms with Crippen molar-refractivity contribution in [1.82, 2.24) is 0 Å². The van der Waals surface area contributed by atoms with Gasteiger partial charge in [-0.2, -0.15) is 0 Å². The lowest BCUT2D eigenvalue weighted by molar-refractivity contribution is -0.116. The molecule has 24 heavy (non-hydrogen) atoms. The Kier molecular flexibility index (Phi) is 4.96. The van der Waals surface area contributed by atoms with Crippen molar-refractivity contribution in [2.45, 2.75) is 13.5 Å². The average Bonchev–Trinajstić information content (AvgIpc) is 2.57. The first-order chi connectivity index (χ1) is 11.7. The Bertz CT molecular complexity index is 768. The molecule has 2 aromatic carbocycles. The van der Waals surface area contributed by atoms with Crippen LogP contribution in [0.15, 0.2) is 42.5 Å². The number of nitrogens with one attached hydrogen (secondary N) is 1. The van der Waals surface area contributed by atoms with Crippen molar-refractivity contribution in [3.63, 3.8) is 0 Å². The minimum Gasteiger partial charge on any atom is -0.383 e. The number of carbonyl (C=O) groups is 1. The van der Waals surface area contributed by atoms with Crippen LogP contribution >= 0.6 is 0 Å². The quantitative estimate of drug-likeness (QED) is 0.871. The average molecular weight is 322 g/mol. The number of fused-ring (bicyclic) bond motifs is 2. The molecule has 0 aliphatic carbocycles. The van der Waals surface area contributed by atoms with Crippen LogP contribution in [0, 0.1) is 0 Å². The van der Waals surface area contributed by atoms with Gasteiger partial charge in [0.15, 0.2) is 0 Å². The van der Waals surface area contributed by atoms with Crippen LogP contribution in [0.2, 0.25) is 0 Å². The van der Waals surface area contributed by atoms with Crippen molar-refractivity contribution >= 4 is 29.4 Å². The maximum absolute atomic E-state index is 12.2. The smallest absolute Gasteiger partial charge is 0.224 e. The van der Waals surface area contributed by atoms with Gasteiger partial charge in [0.25, 0.3) is 0 Å². The lowest BCUT2D eigenvalue weighted by Crippen LogP contribution is -2.29. The molecule has 1 aliphatic rings. The van der Waals surface area contributed by atoms with E-state index in [2.05, 4.69) is 29.6 Å². The summed E-state index contributed by atoms with van der Waals surface area (Å²) in [5.74, 6) is 0.0472. The molecule has 0 atom stereocenters. The van der Waals surface area contributed by atoms with Crippen LogP contribution in [0.25, 0.3) is 12.2 Å². The highest BCUT2D eigenvalue weighted by Gasteiger charge is 2.18. The number of hydrogen-bond donors (Lipinski definition) is 1. The second kappa shape index (κ2) is 7.32. The molecule has 0 unspecified atom stereocenters. The Morgan fingerprint density at radius 1 is 1.17 bits per heavy atom. The lowest BCUT2D eigenvalue weighted by Gasteiger charge is -2.26. The molecule has 2 aromatic rings. The number of nitrogens with zero attached hydrogens (tertiary/aromatic N) is 1. The van der Waals surface area contributed by atoms with Gasteiger partial charge in [0.05, 0.1) is 18.8 Å². The molecule has 3 rings (SSSR count). The number of anilines is 2. The summed E-state index contributed by atoms with van der Waals surface area (Å²) in [6, 6.07) is 14.2. The van der Waals surface area contributed by atoms with Crippen molar-refractivity contribution in [3.8, 4) is 0 Å².